The Kier molecular flexibility index (Phi) is 20.8. The summed E-state index contributed by atoms with van der Waals surface area (Å²) in [6.45, 7) is 8.42. The molecule has 0 heterocycles. The summed E-state index contributed by atoms with van der Waals surface area (Å²) in [7, 11) is 6.89. The molecule has 0 aliphatic rings. The molecule has 0 aliphatic carbocycles. The summed E-state index contributed by atoms with van der Waals surface area (Å²) >= 11 is 0. The Hall–Kier alpha value is -1.57. The van der Waals surface area contributed by atoms with Crippen LogP contribution in [0.1, 0.15) is 64.5 Å². The fourth-order valence-corrected chi connectivity index (χ4v) is 18.3. The molecular formula is C37H70N2O12Si4. The second kappa shape index (κ2) is 23.1. The first-order valence-corrected chi connectivity index (χ1v) is 26.0. The Morgan fingerprint density at radius 2 is 0.527 bits per heavy atom. The van der Waals surface area contributed by atoms with Gasteiger partial charge in [0.15, 0.2) is 0 Å². The van der Waals surface area contributed by atoms with Crippen LogP contribution in [-0.4, -0.2) is 143 Å². The Labute approximate surface area is 335 Å². The van der Waals surface area contributed by atoms with Gasteiger partial charge in [-0.1, -0.05) is 52.0 Å². The monoisotopic (exact) mass is 846 g/mol. The van der Waals surface area contributed by atoms with Crippen molar-refractivity contribution in [2.45, 2.75) is 82.5 Å². The van der Waals surface area contributed by atoms with Gasteiger partial charge in [-0.2, -0.15) is 0 Å². The van der Waals surface area contributed by atoms with Gasteiger partial charge in [0.2, 0.25) is 0 Å². The van der Waals surface area contributed by atoms with Crippen molar-refractivity contribution in [3.8, 4) is 0 Å². The standard InChI is InChI=1S/C37H70N2O12Si4/c1-17-34(52(40-5,41-6)42-7)38(35(18-2)53(43-8,44-9)45-10)32-25-21-30(22-26-32)29-31-23-27-33(28-24-31)39(36(19-3)54(46-11,47-12)48-13)37(20-4)55(49-14,50-15)51-16/h21-28,34-37H,17-20,29H2,1-16H3. The third-order valence-electron chi connectivity index (χ3n) is 10.8. The van der Waals surface area contributed by atoms with Crippen molar-refractivity contribution in [1.29, 1.82) is 0 Å². The topological polar surface area (TPSA) is 117 Å². The van der Waals surface area contributed by atoms with E-state index in [0.29, 0.717) is 32.1 Å². The Bertz CT molecular complexity index is 1160. The molecule has 0 aliphatic heterocycles. The summed E-state index contributed by atoms with van der Waals surface area (Å²) < 4.78 is 72.6. The lowest BCUT2D eigenvalue weighted by atomic mass is 10.0. The fraction of sp³-hybridized carbons (Fsp3) is 0.676. The smallest absolute Gasteiger partial charge is 0.376 e. The van der Waals surface area contributed by atoms with Gasteiger partial charge < -0.3 is 62.9 Å². The van der Waals surface area contributed by atoms with E-state index in [2.05, 4.69) is 86.0 Å². The molecule has 0 bridgehead atoms. The molecule has 0 amide bonds. The first-order valence-electron chi connectivity index (χ1n) is 18.8. The Morgan fingerprint density at radius 1 is 0.345 bits per heavy atom. The molecule has 0 N–H and O–H groups in total. The zero-order valence-electron chi connectivity index (χ0n) is 36.3. The quantitative estimate of drug-likeness (QED) is 0.0980. The van der Waals surface area contributed by atoms with E-state index in [0.717, 1.165) is 22.5 Å². The average molecular weight is 847 g/mol. The molecule has 0 radical (unpaired) electrons. The van der Waals surface area contributed by atoms with Crippen LogP contribution in [0.15, 0.2) is 48.5 Å². The highest BCUT2D eigenvalue weighted by molar-refractivity contribution is 6.66. The summed E-state index contributed by atoms with van der Waals surface area (Å²) in [5.74, 6) is 0. The van der Waals surface area contributed by atoms with Gasteiger partial charge in [-0.05, 0) is 67.5 Å². The zero-order valence-corrected chi connectivity index (χ0v) is 40.3. The molecule has 55 heavy (non-hydrogen) atoms. The molecule has 2 aromatic carbocycles. The highest BCUT2D eigenvalue weighted by atomic mass is 28.4. The number of nitrogens with zero attached hydrogens (tertiary/aromatic N) is 2. The van der Waals surface area contributed by atoms with Crippen LogP contribution in [0.25, 0.3) is 0 Å². The number of hydrogen-bond donors (Lipinski definition) is 0. The van der Waals surface area contributed by atoms with Gasteiger partial charge in [-0.25, -0.2) is 0 Å². The number of hydrogen-bond acceptors (Lipinski definition) is 14. The molecule has 14 nitrogen and oxygen atoms in total. The molecule has 18 heteroatoms. The molecule has 2 aromatic rings. The molecule has 0 saturated heterocycles. The maximum Gasteiger partial charge on any atom is 0.523 e. The Morgan fingerprint density at radius 3 is 0.673 bits per heavy atom. The number of benzene rings is 2. The van der Waals surface area contributed by atoms with Gasteiger partial charge in [-0.3, -0.25) is 0 Å². The van der Waals surface area contributed by atoms with Crippen LogP contribution in [0.4, 0.5) is 11.4 Å². The zero-order chi connectivity index (χ0) is 41.5. The van der Waals surface area contributed by atoms with E-state index in [-0.39, 0.29) is 22.7 Å². The molecule has 2 rings (SSSR count). The van der Waals surface area contributed by atoms with E-state index >= 15 is 0 Å². The third kappa shape index (κ3) is 10.2. The summed E-state index contributed by atoms with van der Waals surface area (Å²) in [5, 5.41) is 0. The van der Waals surface area contributed by atoms with Crippen LogP contribution >= 0.6 is 0 Å². The van der Waals surface area contributed by atoms with Crippen LogP contribution in [0.2, 0.25) is 0 Å². The molecular weight excluding hydrogens is 777 g/mol. The minimum absolute atomic E-state index is 0.253. The maximum atomic E-state index is 6.05. The van der Waals surface area contributed by atoms with Crippen molar-refractivity contribution in [2.24, 2.45) is 0 Å². The lowest BCUT2D eigenvalue weighted by Gasteiger charge is -2.47. The first kappa shape index (κ1) is 49.6. The van der Waals surface area contributed by atoms with Gasteiger partial charge in [0, 0.05) is 96.7 Å². The fourth-order valence-electron chi connectivity index (χ4n) is 8.06. The predicted octanol–water partition coefficient (Wildman–Crippen LogP) is 5.67. The summed E-state index contributed by atoms with van der Waals surface area (Å²) in [6, 6.07) is 17.1. The number of anilines is 2. The minimum Gasteiger partial charge on any atom is -0.376 e. The maximum absolute atomic E-state index is 6.05. The predicted molar refractivity (Wildman–Crippen MR) is 224 cm³/mol. The molecule has 4 unspecified atom stereocenters. The van der Waals surface area contributed by atoms with E-state index in [1.165, 1.54) is 0 Å². The van der Waals surface area contributed by atoms with Crippen molar-refractivity contribution in [2.75, 3.05) is 95.1 Å². The van der Waals surface area contributed by atoms with E-state index in [4.69, 9.17) is 53.1 Å². The highest BCUT2D eigenvalue weighted by Crippen LogP contribution is 2.36. The molecule has 0 aromatic heterocycles. The normalized spacial score (nSPS) is 15.1. The summed E-state index contributed by atoms with van der Waals surface area (Å²) in [6.07, 6.45) is 3.47. The Balaban J connectivity index is 2.67. The SMILES string of the molecule is CCC(N(c1ccc(Cc2ccc(N(C(CC)[Si](OC)(OC)OC)C(CC)[Si](OC)(OC)OC)cc2)cc1)C(CC)[Si](OC)(OC)OC)[Si](OC)(OC)OC. The largest absolute Gasteiger partial charge is 0.523 e. The van der Waals surface area contributed by atoms with Crippen molar-refractivity contribution < 1.29 is 53.1 Å². The average Bonchev–Trinajstić information content (AvgIpc) is 3.24. The van der Waals surface area contributed by atoms with Crippen molar-refractivity contribution in [3.63, 3.8) is 0 Å². The minimum atomic E-state index is -3.20. The molecule has 0 fully saturated rings. The summed E-state index contributed by atoms with van der Waals surface area (Å²) in [4.78, 5) is 4.55. The number of rotatable bonds is 28. The van der Waals surface area contributed by atoms with Crippen LogP contribution in [0.3, 0.4) is 0 Å². The molecule has 0 saturated carbocycles. The van der Waals surface area contributed by atoms with Gasteiger partial charge in [0.05, 0.1) is 22.7 Å². The van der Waals surface area contributed by atoms with Crippen LogP contribution in [-0.2, 0) is 59.5 Å². The van der Waals surface area contributed by atoms with Gasteiger partial charge in [0.1, 0.15) is 0 Å². The lowest BCUT2D eigenvalue weighted by molar-refractivity contribution is 0.0967. The molecule has 0 spiro atoms. The van der Waals surface area contributed by atoms with Crippen LogP contribution < -0.4 is 9.80 Å². The van der Waals surface area contributed by atoms with Gasteiger partial charge in [-0.15, -0.1) is 0 Å². The second-order valence-electron chi connectivity index (χ2n) is 12.9. The van der Waals surface area contributed by atoms with Crippen molar-refractivity contribution in [1.82, 2.24) is 0 Å². The molecule has 316 valence electrons. The van der Waals surface area contributed by atoms with Crippen LogP contribution in [0.5, 0.6) is 0 Å². The lowest BCUT2D eigenvalue weighted by Crippen LogP contribution is -2.70. The van der Waals surface area contributed by atoms with E-state index in [1.54, 1.807) is 85.3 Å². The van der Waals surface area contributed by atoms with E-state index in [9.17, 15) is 0 Å². The molecule has 4 atom stereocenters. The van der Waals surface area contributed by atoms with Crippen molar-refractivity contribution >= 4 is 46.6 Å². The highest BCUT2D eigenvalue weighted by Gasteiger charge is 2.59. The van der Waals surface area contributed by atoms with E-state index < -0.39 is 35.2 Å². The second-order valence-corrected chi connectivity index (χ2v) is 25.3. The third-order valence-corrected chi connectivity index (χ3v) is 23.7. The van der Waals surface area contributed by atoms with Gasteiger partial charge in [0.25, 0.3) is 0 Å². The first-order chi connectivity index (χ1) is 26.4. The summed E-state index contributed by atoms with van der Waals surface area (Å²) in [5.41, 5.74) is 3.19. The van der Waals surface area contributed by atoms with E-state index in [1.807, 2.05) is 0 Å². The van der Waals surface area contributed by atoms with Crippen LogP contribution in [0, 0.1) is 0 Å². The van der Waals surface area contributed by atoms with Gasteiger partial charge >= 0.3 is 35.2 Å². The van der Waals surface area contributed by atoms with Crippen molar-refractivity contribution in [3.05, 3.63) is 59.7 Å².